The summed E-state index contributed by atoms with van der Waals surface area (Å²) >= 11 is 1.14. The third-order valence-electron chi connectivity index (χ3n) is 2.24. The molecule has 1 aliphatic rings. The average molecular weight is 212 g/mol. The van der Waals surface area contributed by atoms with Crippen molar-refractivity contribution >= 4 is 22.5 Å². The number of carbonyl (C=O) groups excluding carboxylic acids is 1. The summed E-state index contributed by atoms with van der Waals surface area (Å²) in [7, 11) is 0. The molecule has 4 nitrogen and oxygen atoms in total. The number of nitrogens with zero attached hydrogens (tertiary/aromatic N) is 1. The van der Waals surface area contributed by atoms with Gasteiger partial charge in [0.25, 0.3) is 0 Å². The molecule has 76 valence electrons. The highest BCUT2D eigenvalue weighted by Crippen LogP contribution is 2.30. The van der Waals surface area contributed by atoms with Gasteiger partial charge in [-0.05, 0) is 37.2 Å². The predicted octanol–water partition coefficient (Wildman–Crippen LogP) is 1.60. The zero-order valence-corrected chi connectivity index (χ0v) is 8.76. The van der Waals surface area contributed by atoms with Gasteiger partial charge in [0, 0.05) is 0 Å². The maximum Gasteiger partial charge on any atom is 0.343 e. The lowest BCUT2D eigenvalue weighted by atomic mass is 10.2. The van der Waals surface area contributed by atoms with Crippen molar-refractivity contribution < 1.29 is 9.53 Å². The van der Waals surface area contributed by atoms with Crippen molar-refractivity contribution in [3.8, 4) is 0 Å². The average Bonchev–Trinajstić information content (AvgIpc) is 2.90. The van der Waals surface area contributed by atoms with Crippen LogP contribution in [0.15, 0.2) is 0 Å². The Kier molecular flexibility index (Phi) is 2.41. The predicted molar refractivity (Wildman–Crippen MR) is 54.3 cm³/mol. The van der Waals surface area contributed by atoms with E-state index in [2.05, 4.69) is 4.37 Å². The minimum absolute atomic E-state index is 0.333. The molecule has 0 aliphatic heterocycles. The molecule has 2 N–H and O–H groups in total. The number of nitrogens with two attached hydrogens (primary N) is 1. The number of ether oxygens (including phenoxy) is 1. The summed E-state index contributed by atoms with van der Waals surface area (Å²) in [4.78, 5) is 11.5. The minimum Gasteiger partial charge on any atom is -0.462 e. The molecule has 1 aromatic heterocycles. The molecule has 1 fully saturated rings. The van der Waals surface area contributed by atoms with Crippen molar-refractivity contribution in [2.75, 3.05) is 12.3 Å². The molecule has 1 aliphatic carbocycles. The van der Waals surface area contributed by atoms with Gasteiger partial charge < -0.3 is 10.5 Å². The van der Waals surface area contributed by atoms with Crippen LogP contribution in [0.5, 0.6) is 0 Å². The highest BCUT2D eigenvalue weighted by Gasteiger charge is 2.25. The van der Waals surface area contributed by atoms with Gasteiger partial charge in [-0.3, -0.25) is 0 Å². The van der Waals surface area contributed by atoms with Crippen LogP contribution in [0, 0.1) is 12.8 Å². The molecule has 0 radical (unpaired) electrons. The lowest BCUT2D eigenvalue weighted by Gasteiger charge is -2.02. The Labute approximate surface area is 86.2 Å². The van der Waals surface area contributed by atoms with Crippen molar-refractivity contribution in [3.63, 3.8) is 0 Å². The third kappa shape index (κ3) is 1.87. The minimum atomic E-state index is -0.333. The van der Waals surface area contributed by atoms with Gasteiger partial charge in [-0.15, -0.1) is 0 Å². The first-order valence-electron chi connectivity index (χ1n) is 4.57. The van der Waals surface area contributed by atoms with E-state index in [0.717, 1.165) is 11.5 Å². The Morgan fingerprint density at radius 2 is 2.43 bits per heavy atom. The second-order valence-corrected chi connectivity index (χ2v) is 4.35. The van der Waals surface area contributed by atoms with E-state index in [0.29, 0.717) is 28.8 Å². The Morgan fingerprint density at radius 1 is 1.71 bits per heavy atom. The number of anilines is 1. The number of esters is 1. The smallest absolute Gasteiger partial charge is 0.343 e. The van der Waals surface area contributed by atoms with Crippen LogP contribution in [-0.4, -0.2) is 16.9 Å². The van der Waals surface area contributed by atoms with E-state index in [1.165, 1.54) is 12.8 Å². The molecule has 0 aromatic carbocycles. The summed E-state index contributed by atoms with van der Waals surface area (Å²) in [5, 5.41) is 0.447. The molecule has 0 unspecified atom stereocenters. The molecule has 0 spiro atoms. The molecule has 1 aromatic rings. The summed E-state index contributed by atoms with van der Waals surface area (Å²) in [6.07, 6.45) is 2.34. The maximum absolute atomic E-state index is 11.5. The zero-order chi connectivity index (χ0) is 10.1. The van der Waals surface area contributed by atoms with Gasteiger partial charge in [0.1, 0.15) is 10.6 Å². The summed E-state index contributed by atoms with van der Waals surface area (Å²) in [5.74, 6) is 0.243. The van der Waals surface area contributed by atoms with Crippen molar-refractivity contribution in [2.24, 2.45) is 5.92 Å². The van der Waals surface area contributed by atoms with Crippen LogP contribution in [0.4, 0.5) is 5.00 Å². The molecule has 0 bridgehead atoms. The number of nitrogen functional groups attached to an aromatic ring is 1. The number of hydrogen-bond acceptors (Lipinski definition) is 5. The number of carbonyl (C=O) groups is 1. The number of aromatic nitrogens is 1. The topological polar surface area (TPSA) is 65.2 Å². The van der Waals surface area contributed by atoms with E-state index >= 15 is 0 Å². The summed E-state index contributed by atoms with van der Waals surface area (Å²) in [6, 6.07) is 0. The molecule has 0 saturated heterocycles. The van der Waals surface area contributed by atoms with Gasteiger partial charge in [-0.25, -0.2) is 4.79 Å². The number of aryl methyl sites for hydroxylation is 1. The van der Waals surface area contributed by atoms with Crippen molar-refractivity contribution in [1.29, 1.82) is 0 Å². The SMILES string of the molecule is Cc1nsc(N)c1C(=O)OCC1CC1. The summed E-state index contributed by atoms with van der Waals surface area (Å²) in [6.45, 7) is 2.29. The van der Waals surface area contributed by atoms with Crippen LogP contribution in [0.25, 0.3) is 0 Å². The van der Waals surface area contributed by atoms with Gasteiger partial charge >= 0.3 is 5.97 Å². The van der Waals surface area contributed by atoms with Crippen LogP contribution in [0.3, 0.4) is 0 Å². The second-order valence-electron chi connectivity index (χ2n) is 3.55. The van der Waals surface area contributed by atoms with Gasteiger partial charge in [0.2, 0.25) is 0 Å². The first-order chi connectivity index (χ1) is 6.68. The van der Waals surface area contributed by atoms with E-state index in [-0.39, 0.29) is 5.97 Å². The lowest BCUT2D eigenvalue weighted by molar-refractivity contribution is 0.0487. The van der Waals surface area contributed by atoms with E-state index in [1.54, 1.807) is 6.92 Å². The van der Waals surface area contributed by atoms with Crippen LogP contribution in [0.1, 0.15) is 28.9 Å². The summed E-state index contributed by atoms with van der Waals surface area (Å²) < 4.78 is 9.12. The van der Waals surface area contributed by atoms with Crippen LogP contribution < -0.4 is 5.73 Å². The molecular formula is C9H12N2O2S. The summed E-state index contributed by atoms with van der Waals surface area (Å²) in [5.41, 5.74) is 6.72. The van der Waals surface area contributed by atoms with Crippen molar-refractivity contribution in [2.45, 2.75) is 19.8 Å². The molecule has 1 saturated carbocycles. The van der Waals surface area contributed by atoms with E-state index in [4.69, 9.17) is 10.5 Å². The largest absolute Gasteiger partial charge is 0.462 e. The van der Waals surface area contributed by atoms with E-state index in [9.17, 15) is 4.79 Å². The quantitative estimate of drug-likeness (QED) is 0.773. The Morgan fingerprint density at radius 3 is 2.93 bits per heavy atom. The Bertz CT molecular complexity index is 338. The molecule has 1 heterocycles. The molecule has 5 heteroatoms. The molecule has 0 amide bonds. The molecule has 2 rings (SSSR count). The fraction of sp³-hybridized carbons (Fsp3) is 0.556. The fourth-order valence-corrected chi connectivity index (χ4v) is 1.83. The van der Waals surface area contributed by atoms with Gasteiger partial charge in [-0.2, -0.15) is 4.37 Å². The highest BCUT2D eigenvalue weighted by molar-refractivity contribution is 7.10. The standard InChI is InChI=1S/C9H12N2O2S/c1-5-7(8(10)14-11-5)9(12)13-4-6-2-3-6/h6H,2-4,10H2,1H3. The van der Waals surface area contributed by atoms with E-state index in [1.807, 2.05) is 0 Å². The van der Waals surface area contributed by atoms with E-state index < -0.39 is 0 Å². The van der Waals surface area contributed by atoms with Gasteiger partial charge in [0.15, 0.2) is 0 Å². The first-order valence-corrected chi connectivity index (χ1v) is 5.34. The molecule has 0 atom stereocenters. The van der Waals surface area contributed by atoms with Crippen LogP contribution in [0.2, 0.25) is 0 Å². The Balaban J connectivity index is 2.01. The monoisotopic (exact) mass is 212 g/mol. The number of hydrogen-bond donors (Lipinski definition) is 1. The van der Waals surface area contributed by atoms with Gasteiger partial charge in [-0.1, -0.05) is 0 Å². The normalized spacial score (nSPS) is 15.5. The molecular weight excluding hydrogens is 200 g/mol. The van der Waals surface area contributed by atoms with Crippen LogP contribution in [-0.2, 0) is 4.74 Å². The fourth-order valence-electron chi connectivity index (χ4n) is 1.19. The Hall–Kier alpha value is -1.10. The third-order valence-corrected chi connectivity index (χ3v) is 3.01. The lowest BCUT2D eigenvalue weighted by Crippen LogP contribution is -2.09. The highest BCUT2D eigenvalue weighted by atomic mass is 32.1. The molecule has 14 heavy (non-hydrogen) atoms. The maximum atomic E-state index is 11.5. The van der Waals surface area contributed by atoms with Gasteiger partial charge in [0.05, 0.1) is 12.3 Å². The van der Waals surface area contributed by atoms with Crippen LogP contribution >= 0.6 is 11.5 Å². The zero-order valence-electron chi connectivity index (χ0n) is 7.95. The first kappa shape index (κ1) is 9.45. The number of rotatable bonds is 3. The van der Waals surface area contributed by atoms with Crippen molar-refractivity contribution in [3.05, 3.63) is 11.3 Å². The second kappa shape index (κ2) is 3.57. The van der Waals surface area contributed by atoms with Crippen molar-refractivity contribution in [1.82, 2.24) is 4.37 Å².